The van der Waals surface area contributed by atoms with Crippen molar-refractivity contribution in [2.75, 3.05) is 149 Å². The number of anilines is 1. The second kappa shape index (κ2) is 32.9. The third-order valence-corrected chi connectivity index (χ3v) is 13.5. The van der Waals surface area contributed by atoms with E-state index in [9.17, 15) is 62.1 Å². The van der Waals surface area contributed by atoms with Gasteiger partial charge < -0.3 is 53.4 Å². The number of amides is 1. The van der Waals surface area contributed by atoms with Gasteiger partial charge in [0, 0.05) is 117 Å². The van der Waals surface area contributed by atoms with Crippen LogP contribution in [0.3, 0.4) is 0 Å². The van der Waals surface area contributed by atoms with Crippen LogP contribution < -0.4 is 25.4 Å². The van der Waals surface area contributed by atoms with E-state index in [1.807, 2.05) is 4.90 Å². The molecule has 2 N–H and O–H groups in total. The van der Waals surface area contributed by atoms with Gasteiger partial charge in [0.2, 0.25) is 10.0 Å². The number of nitrogens with one attached hydrogen (secondary N) is 2. The van der Waals surface area contributed by atoms with Crippen molar-refractivity contribution in [2.45, 2.75) is 116 Å². The summed E-state index contributed by atoms with van der Waals surface area (Å²) in [6.45, 7) is 18.3. The predicted molar refractivity (Wildman–Crippen MR) is 288 cm³/mol. The third kappa shape index (κ3) is 30.5. The van der Waals surface area contributed by atoms with Crippen molar-refractivity contribution in [1.82, 2.24) is 39.0 Å². The molecule has 1 amide bonds. The van der Waals surface area contributed by atoms with E-state index < -0.39 is 125 Å². The minimum Gasteiger partial charge on any atom is -0.549 e. The molecule has 2 fully saturated rings. The maximum absolute atomic E-state index is 13.9. The zero-order chi connectivity index (χ0) is 61.1. The van der Waals surface area contributed by atoms with Gasteiger partial charge in [-0.2, -0.15) is 0 Å². The van der Waals surface area contributed by atoms with Crippen LogP contribution in [0, 0.1) is 39.9 Å². The summed E-state index contributed by atoms with van der Waals surface area (Å²) in [5.41, 5.74) is -5.09. The van der Waals surface area contributed by atoms with Gasteiger partial charge in [0.05, 0.1) is 54.5 Å². The Balaban J connectivity index is 0.0000230. The van der Waals surface area contributed by atoms with Crippen LogP contribution in [0.25, 0.3) is 0 Å². The van der Waals surface area contributed by atoms with Crippen LogP contribution in [0.5, 0.6) is 0 Å². The molecule has 0 spiro atoms. The number of benzene rings is 1. The standard InChI is InChI=1S/C53H89N9O18S.Gd/c1-49(2,3)77-44(69)32-60-27-28-61(33-45(70)78-50(4,5)6)37-53(36-60,62(34-46(71)79-51(7,8)9)35-47(72)80-52(10,11)12)38-76-48(73)55-39-13-15-40(16-14-39)81(74,75)54-17-18-56-19-21-57(29-41(63)64)23-25-59(31-43(67)68)26-24-58(22-20-56)30-42(65)66;/h13-16,54H,17-38H2,1-12H3,(H,55,73)(H,63,64)(H,65,66)(H,67,68);/q;+3/p-3. The number of carboxylic acid groups (broad SMARTS) is 3. The first-order valence-corrected chi connectivity index (χ1v) is 28.4. The Morgan fingerprint density at radius 3 is 1.18 bits per heavy atom. The molecule has 27 nitrogen and oxygen atoms in total. The summed E-state index contributed by atoms with van der Waals surface area (Å²) >= 11 is 0. The molecule has 3 rings (SSSR count). The Kier molecular flexibility index (Phi) is 29.6. The van der Waals surface area contributed by atoms with Crippen LogP contribution in [0.15, 0.2) is 29.2 Å². The molecule has 1 aromatic carbocycles. The van der Waals surface area contributed by atoms with Gasteiger partial charge in [-0.25, -0.2) is 17.9 Å². The Bertz CT molecular complexity index is 2310. The summed E-state index contributed by atoms with van der Waals surface area (Å²) in [5, 5.41) is 37.2. The van der Waals surface area contributed by atoms with Crippen molar-refractivity contribution in [3.05, 3.63) is 24.3 Å². The summed E-state index contributed by atoms with van der Waals surface area (Å²) in [6.07, 6.45) is -1.03. The molecule has 29 heteroatoms. The minimum atomic E-state index is -4.18. The number of esters is 4. The maximum Gasteiger partial charge on any atom is 3.00 e. The number of nitrogens with zero attached hydrogens (tertiary/aromatic N) is 7. The van der Waals surface area contributed by atoms with Crippen LogP contribution in [-0.2, 0) is 67.3 Å². The van der Waals surface area contributed by atoms with Crippen molar-refractivity contribution < 1.29 is 126 Å². The van der Waals surface area contributed by atoms with Crippen molar-refractivity contribution >= 4 is 63.6 Å². The maximum atomic E-state index is 13.9. The Hall–Kier alpha value is -4.27. The normalized spacial score (nSPS) is 17.4. The minimum absolute atomic E-state index is 0. The fourth-order valence-corrected chi connectivity index (χ4v) is 9.88. The average Bonchev–Trinajstić information content (AvgIpc) is 3.44. The molecule has 82 heavy (non-hydrogen) atoms. The number of ether oxygens (including phenoxy) is 5. The van der Waals surface area contributed by atoms with E-state index in [0.717, 1.165) is 0 Å². The zero-order valence-electron chi connectivity index (χ0n) is 49.6. The number of carbonyl (C=O) groups is 8. The smallest absolute Gasteiger partial charge is 0.549 e. The van der Waals surface area contributed by atoms with Gasteiger partial charge in [-0.05, 0) is 107 Å². The van der Waals surface area contributed by atoms with Gasteiger partial charge >= 0.3 is 69.9 Å². The second-order valence-electron chi connectivity index (χ2n) is 24.3. The van der Waals surface area contributed by atoms with Gasteiger partial charge in [0.15, 0.2) is 0 Å². The number of hydrogen-bond acceptors (Lipinski definition) is 25. The fourth-order valence-electron chi connectivity index (χ4n) is 8.86. The first kappa shape index (κ1) is 73.8. The number of sulfonamides is 1. The number of carboxylic acids is 3. The molecule has 2 saturated heterocycles. The molecule has 0 aromatic heterocycles. The molecule has 0 atom stereocenters. The number of aliphatic carboxylic acids is 3. The van der Waals surface area contributed by atoms with Gasteiger partial charge in [0.1, 0.15) is 29.0 Å². The molecule has 0 unspecified atom stereocenters. The molecule has 1 radical (unpaired) electrons. The van der Waals surface area contributed by atoms with E-state index in [-0.39, 0.29) is 155 Å². The van der Waals surface area contributed by atoms with Crippen LogP contribution in [0.4, 0.5) is 10.5 Å². The quantitative estimate of drug-likeness (QED) is 0.0815. The van der Waals surface area contributed by atoms with Crippen molar-refractivity contribution in [2.24, 2.45) is 0 Å². The predicted octanol–water partition coefficient (Wildman–Crippen LogP) is -2.99. The Morgan fingerprint density at radius 2 is 0.841 bits per heavy atom. The van der Waals surface area contributed by atoms with Crippen LogP contribution in [-0.4, -0.2) is 263 Å². The molecule has 2 heterocycles. The van der Waals surface area contributed by atoms with E-state index in [0.29, 0.717) is 0 Å². The Morgan fingerprint density at radius 1 is 0.512 bits per heavy atom. The van der Waals surface area contributed by atoms with Gasteiger partial charge in [-0.1, -0.05) is 0 Å². The summed E-state index contributed by atoms with van der Waals surface area (Å²) in [5.74, 6) is -6.71. The SMILES string of the molecule is CC(C)(C)OC(=O)CN1CCN(CC(=O)OC(C)(C)C)CC(COC(=O)Nc2ccc(S(=O)(=O)NCCN3CCN(CC(=O)[O-])CCN(CC(=O)[O-])CCN(CC(=O)[O-])CC3)cc2)(N(CC(=O)OC(C)(C)C)CC(=O)OC(C)(C)C)C1.[Gd+3]. The zero-order valence-corrected chi connectivity index (χ0v) is 52.7. The van der Waals surface area contributed by atoms with E-state index in [1.165, 1.54) is 34.1 Å². The molecule has 0 aliphatic carbocycles. The molecule has 0 saturated carbocycles. The fraction of sp³-hybridized carbons (Fsp3) is 0.736. The van der Waals surface area contributed by atoms with E-state index in [1.54, 1.807) is 103 Å². The van der Waals surface area contributed by atoms with Gasteiger partial charge in [-0.3, -0.25) is 58.8 Å². The summed E-state index contributed by atoms with van der Waals surface area (Å²) in [6, 6.07) is 5.13. The van der Waals surface area contributed by atoms with Crippen molar-refractivity contribution in [1.29, 1.82) is 0 Å². The van der Waals surface area contributed by atoms with E-state index in [2.05, 4.69) is 10.0 Å². The number of rotatable bonds is 23. The van der Waals surface area contributed by atoms with Crippen molar-refractivity contribution in [3.63, 3.8) is 0 Å². The molecular formula is C53H86GdN9O18S. The largest absolute Gasteiger partial charge is 3.00 e. The second-order valence-corrected chi connectivity index (χ2v) is 26.0. The monoisotopic (exact) mass is 1330 g/mol. The molecule has 2 aliphatic heterocycles. The Labute approximate surface area is 514 Å². The number of carbonyl (C=O) groups excluding carboxylic acids is 8. The molecule has 1 aromatic rings. The van der Waals surface area contributed by atoms with Crippen molar-refractivity contribution in [3.8, 4) is 0 Å². The molecule has 2 aliphatic rings. The van der Waals surface area contributed by atoms with E-state index in [4.69, 9.17) is 23.7 Å². The molecule has 0 bridgehead atoms. The topological polar surface area (TPSA) is 333 Å². The van der Waals surface area contributed by atoms with Gasteiger partial charge in [-0.15, -0.1) is 0 Å². The molecule has 465 valence electrons. The van der Waals surface area contributed by atoms with Crippen LogP contribution in [0.2, 0.25) is 0 Å². The molecular weight excluding hydrogens is 1240 g/mol. The van der Waals surface area contributed by atoms with Crippen LogP contribution >= 0.6 is 0 Å². The van der Waals surface area contributed by atoms with Gasteiger partial charge in [0.25, 0.3) is 0 Å². The first-order valence-electron chi connectivity index (χ1n) is 26.9. The summed E-state index contributed by atoms with van der Waals surface area (Å²) in [4.78, 5) is 114. The number of hydrogen-bond donors (Lipinski definition) is 2. The van der Waals surface area contributed by atoms with Crippen LogP contribution in [0.1, 0.15) is 83.1 Å². The third-order valence-electron chi connectivity index (χ3n) is 12.1. The summed E-state index contributed by atoms with van der Waals surface area (Å²) in [7, 11) is -4.18. The summed E-state index contributed by atoms with van der Waals surface area (Å²) < 4.78 is 58.5. The van der Waals surface area contributed by atoms with E-state index >= 15 is 0 Å². The average molecular weight is 1330 g/mol. The first-order chi connectivity index (χ1) is 37.3.